The molecule has 6 rings (SSSR count). The first-order valence-electron chi connectivity index (χ1n) is 9.75. The summed E-state index contributed by atoms with van der Waals surface area (Å²) < 4.78 is 0. The summed E-state index contributed by atoms with van der Waals surface area (Å²) in [5.74, 6) is 0. The molecule has 5 heteroatoms. The Labute approximate surface area is 182 Å². The van der Waals surface area contributed by atoms with Crippen LogP contribution in [0.3, 0.4) is 0 Å². The van der Waals surface area contributed by atoms with Gasteiger partial charge in [0.1, 0.15) is 0 Å². The summed E-state index contributed by atoms with van der Waals surface area (Å²) >= 11 is 12.3. The molecule has 0 aliphatic heterocycles. The molecule has 3 aromatic heterocycles. The van der Waals surface area contributed by atoms with E-state index >= 15 is 0 Å². The van der Waals surface area contributed by atoms with Gasteiger partial charge in [-0.3, -0.25) is 0 Å². The quantitative estimate of drug-likeness (QED) is 0.249. The average molecular weight is 430 g/mol. The first kappa shape index (κ1) is 17.7. The molecule has 30 heavy (non-hydrogen) atoms. The lowest BCUT2D eigenvalue weighted by Crippen LogP contribution is -1.79. The number of benzene rings is 3. The Kier molecular flexibility index (Phi) is 3.79. The van der Waals surface area contributed by atoms with Crippen molar-refractivity contribution in [3.63, 3.8) is 0 Å². The molecule has 0 aliphatic rings. The zero-order chi connectivity index (χ0) is 20.4. The molecule has 3 heterocycles. The van der Waals surface area contributed by atoms with E-state index in [0.717, 1.165) is 60.0 Å². The molecule has 3 nitrogen and oxygen atoms in total. The van der Waals surface area contributed by atoms with Gasteiger partial charge in [0.15, 0.2) is 0 Å². The van der Waals surface area contributed by atoms with Crippen molar-refractivity contribution in [3.05, 3.63) is 82.3 Å². The molecular weight excluding hydrogens is 413 g/mol. The fourth-order valence-electron chi connectivity index (χ4n) is 4.27. The third-order valence-electron chi connectivity index (χ3n) is 5.80. The number of aryl methyl sites for hydroxylation is 1. The number of fused-ring (bicyclic) bond motifs is 3. The highest BCUT2D eigenvalue weighted by molar-refractivity contribution is 6.31. The lowest BCUT2D eigenvalue weighted by Gasteiger charge is -1.99. The Balaban J connectivity index is 1.48. The zero-order valence-electron chi connectivity index (χ0n) is 16.1. The monoisotopic (exact) mass is 429 g/mol. The second-order valence-corrected chi connectivity index (χ2v) is 8.59. The van der Waals surface area contributed by atoms with Crippen molar-refractivity contribution < 1.29 is 0 Å². The molecule has 0 fully saturated rings. The number of aromatic nitrogens is 3. The second-order valence-electron chi connectivity index (χ2n) is 7.71. The predicted octanol–water partition coefficient (Wildman–Crippen LogP) is 8.08. The van der Waals surface area contributed by atoms with Crippen LogP contribution in [-0.2, 0) is 0 Å². The Bertz CT molecular complexity index is 1580. The summed E-state index contributed by atoms with van der Waals surface area (Å²) in [7, 11) is 0. The van der Waals surface area contributed by atoms with E-state index in [4.69, 9.17) is 23.2 Å². The highest BCUT2D eigenvalue weighted by Crippen LogP contribution is 2.34. The van der Waals surface area contributed by atoms with Gasteiger partial charge in [0.2, 0.25) is 0 Å². The van der Waals surface area contributed by atoms with E-state index < -0.39 is 0 Å². The van der Waals surface area contributed by atoms with Crippen LogP contribution in [0.5, 0.6) is 0 Å². The van der Waals surface area contributed by atoms with Crippen molar-refractivity contribution in [2.45, 2.75) is 6.92 Å². The van der Waals surface area contributed by atoms with Crippen molar-refractivity contribution in [3.8, 4) is 22.6 Å². The van der Waals surface area contributed by atoms with E-state index in [2.05, 4.69) is 52.2 Å². The molecule has 3 N–H and O–H groups in total. The molecule has 0 spiro atoms. The third-order valence-corrected chi connectivity index (χ3v) is 6.27. The fraction of sp³-hybridized carbons (Fsp3) is 0.0400. The minimum absolute atomic E-state index is 0.741. The molecule has 0 saturated heterocycles. The summed E-state index contributed by atoms with van der Waals surface area (Å²) in [6.07, 6.45) is 0. The van der Waals surface area contributed by atoms with Gasteiger partial charge < -0.3 is 15.0 Å². The van der Waals surface area contributed by atoms with Gasteiger partial charge in [-0.25, -0.2) is 0 Å². The molecule has 0 radical (unpaired) electrons. The van der Waals surface area contributed by atoms with Crippen LogP contribution in [-0.4, -0.2) is 15.0 Å². The Morgan fingerprint density at radius 1 is 0.600 bits per heavy atom. The summed E-state index contributed by atoms with van der Waals surface area (Å²) in [6, 6.07) is 22.6. The minimum Gasteiger partial charge on any atom is -0.355 e. The Hall–Kier alpha value is -3.14. The highest BCUT2D eigenvalue weighted by atomic mass is 35.5. The van der Waals surface area contributed by atoms with E-state index in [1.54, 1.807) is 0 Å². The van der Waals surface area contributed by atoms with Crippen LogP contribution in [0, 0.1) is 6.92 Å². The van der Waals surface area contributed by atoms with Crippen LogP contribution < -0.4 is 0 Å². The lowest BCUT2D eigenvalue weighted by molar-refractivity contribution is 1.35. The van der Waals surface area contributed by atoms with E-state index in [-0.39, 0.29) is 0 Å². The van der Waals surface area contributed by atoms with E-state index in [0.29, 0.717) is 0 Å². The first-order chi connectivity index (χ1) is 14.5. The number of halogens is 2. The third kappa shape index (κ3) is 2.74. The molecule has 0 aliphatic carbocycles. The standard InChI is InChI=1S/C25H17Cl2N3/c1-13-19-5-2-14(22-11-15-8-17(26)3-6-20(15)28-22)10-23(19)30-25(13)24-12-16-9-18(27)4-7-21(16)29-24/h2-12,28-30H,1H3. The van der Waals surface area contributed by atoms with Gasteiger partial charge in [-0.1, -0.05) is 35.3 Å². The van der Waals surface area contributed by atoms with Gasteiger partial charge in [0, 0.05) is 54.0 Å². The maximum absolute atomic E-state index is 6.15. The summed E-state index contributed by atoms with van der Waals surface area (Å²) in [4.78, 5) is 10.6. The van der Waals surface area contributed by atoms with Gasteiger partial charge >= 0.3 is 0 Å². The summed E-state index contributed by atoms with van der Waals surface area (Å²) in [6.45, 7) is 2.15. The largest absolute Gasteiger partial charge is 0.355 e. The van der Waals surface area contributed by atoms with Gasteiger partial charge in [0.05, 0.1) is 11.4 Å². The molecule has 0 unspecified atom stereocenters. The van der Waals surface area contributed by atoms with Crippen LogP contribution in [0.4, 0.5) is 0 Å². The number of hydrogen-bond acceptors (Lipinski definition) is 0. The van der Waals surface area contributed by atoms with Crippen LogP contribution in [0.25, 0.3) is 55.4 Å². The van der Waals surface area contributed by atoms with Crippen molar-refractivity contribution in [1.82, 2.24) is 15.0 Å². The van der Waals surface area contributed by atoms with Crippen molar-refractivity contribution in [2.24, 2.45) is 0 Å². The van der Waals surface area contributed by atoms with E-state index in [1.165, 1.54) is 10.9 Å². The van der Waals surface area contributed by atoms with E-state index in [9.17, 15) is 0 Å². The smallest absolute Gasteiger partial charge is 0.0660 e. The predicted molar refractivity (Wildman–Crippen MR) is 128 cm³/mol. The SMILES string of the molecule is Cc1c(-c2cc3cc(Cl)ccc3[nH]2)[nH]c2cc(-c3cc4cc(Cl)ccc4[nH]3)ccc12. The number of hydrogen-bond donors (Lipinski definition) is 3. The molecule has 3 aromatic carbocycles. The van der Waals surface area contributed by atoms with Crippen molar-refractivity contribution in [1.29, 1.82) is 0 Å². The maximum Gasteiger partial charge on any atom is 0.0660 e. The molecule has 0 atom stereocenters. The normalized spacial score (nSPS) is 11.8. The van der Waals surface area contributed by atoms with Crippen LogP contribution in [0.1, 0.15) is 5.56 Å². The Morgan fingerprint density at radius 3 is 1.93 bits per heavy atom. The van der Waals surface area contributed by atoms with Gasteiger partial charge in [0.25, 0.3) is 0 Å². The number of rotatable bonds is 2. The topological polar surface area (TPSA) is 47.4 Å². The molecule has 0 bridgehead atoms. The number of aromatic amines is 3. The van der Waals surface area contributed by atoms with Gasteiger partial charge in [-0.05, 0) is 67.1 Å². The summed E-state index contributed by atoms with van der Waals surface area (Å²) in [5, 5.41) is 4.91. The Morgan fingerprint density at radius 2 is 1.23 bits per heavy atom. The van der Waals surface area contributed by atoms with Crippen LogP contribution >= 0.6 is 23.2 Å². The van der Waals surface area contributed by atoms with Crippen LogP contribution in [0.15, 0.2) is 66.7 Å². The fourth-order valence-corrected chi connectivity index (χ4v) is 4.63. The minimum atomic E-state index is 0.741. The van der Waals surface area contributed by atoms with Crippen molar-refractivity contribution >= 4 is 55.9 Å². The van der Waals surface area contributed by atoms with Crippen LogP contribution in [0.2, 0.25) is 10.0 Å². The maximum atomic E-state index is 6.15. The van der Waals surface area contributed by atoms with E-state index in [1.807, 2.05) is 36.4 Å². The first-order valence-corrected chi connectivity index (χ1v) is 10.5. The lowest BCUT2D eigenvalue weighted by atomic mass is 10.1. The molecule has 6 aromatic rings. The molecule has 0 saturated carbocycles. The highest BCUT2D eigenvalue weighted by Gasteiger charge is 2.13. The van der Waals surface area contributed by atoms with Gasteiger partial charge in [-0.15, -0.1) is 0 Å². The molecule has 0 amide bonds. The number of nitrogens with one attached hydrogen (secondary N) is 3. The van der Waals surface area contributed by atoms with Gasteiger partial charge in [-0.2, -0.15) is 0 Å². The molecular formula is C25H17Cl2N3. The van der Waals surface area contributed by atoms with Crippen molar-refractivity contribution in [2.75, 3.05) is 0 Å². The zero-order valence-corrected chi connectivity index (χ0v) is 17.6. The molecule has 146 valence electrons. The average Bonchev–Trinajstić information content (AvgIpc) is 3.42. The summed E-state index contributed by atoms with van der Waals surface area (Å²) in [5.41, 5.74) is 8.83. The number of H-pyrrole nitrogens is 3. The second kappa shape index (κ2) is 6.43.